The molecule has 2 aromatic rings. The first-order valence-electron chi connectivity index (χ1n) is 9.27. The Morgan fingerprint density at radius 1 is 0.964 bits per heavy atom. The highest BCUT2D eigenvalue weighted by Crippen LogP contribution is 2.24. The predicted molar refractivity (Wildman–Crippen MR) is 105 cm³/mol. The van der Waals surface area contributed by atoms with Gasteiger partial charge in [0.15, 0.2) is 11.5 Å². The fraction of sp³-hybridized carbons (Fsp3) is 0.421. The maximum absolute atomic E-state index is 13.3. The molecule has 2 aliphatic rings. The van der Waals surface area contributed by atoms with Gasteiger partial charge >= 0.3 is 0 Å². The zero-order valence-corrected chi connectivity index (χ0v) is 16.1. The van der Waals surface area contributed by atoms with Gasteiger partial charge in [-0.1, -0.05) is 11.6 Å². The van der Waals surface area contributed by atoms with E-state index in [1.54, 1.807) is 23.1 Å². The lowest BCUT2D eigenvalue weighted by Crippen LogP contribution is -2.49. The zero-order chi connectivity index (χ0) is 19.5. The van der Waals surface area contributed by atoms with Crippen LogP contribution in [0.15, 0.2) is 30.3 Å². The molecule has 7 nitrogen and oxygen atoms in total. The molecule has 0 bridgehead atoms. The first-order chi connectivity index (χ1) is 13.6. The first kappa shape index (κ1) is 18.9. The number of benzene rings is 1. The summed E-state index contributed by atoms with van der Waals surface area (Å²) < 4.78 is 18.7. The molecule has 1 aromatic carbocycles. The Hall–Kier alpha value is -2.45. The number of carbonyl (C=O) groups excluding carboxylic acids is 1. The summed E-state index contributed by atoms with van der Waals surface area (Å²) in [6, 6.07) is 8.24. The van der Waals surface area contributed by atoms with E-state index in [9.17, 15) is 9.18 Å². The minimum absolute atomic E-state index is 0.103. The number of piperazine rings is 1. The van der Waals surface area contributed by atoms with E-state index >= 15 is 0 Å². The number of ether oxygens (including phenoxy) is 1. The fourth-order valence-corrected chi connectivity index (χ4v) is 3.59. The number of morpholine rings is 1. The van der Waals surface area contributed by atoms with Crippen molar-refractivity contribution in [2.24, 2.45) is 0 Å². The van der Waals surface area contributed by atoms with E-state index in [4.69, 9.17) is 16.3 Å². The maximum atomic E-state index is 13.3. The predicted octanol–water partition coefficient (Wildman–Crippen LogP) is 2.07. The lowest BCUT2D eigenvalue weighted by Gasteiger charge is -2.36. The lowest BCUT2D eigenvalue weighted by atomic mass is 10.2. The molecule has 148 valence electrons. The van der Waals surface area contributed by atoms with Crippen molar-refractivity contribution >= 4 is 29.0 Å². The normalized spacial score (nSPS) is 17.7. The van der Waals surface area contributed by atoms with Gasteiger partial charge in [0.1, 0.15) is 5.82 Å². The summed E-state index contributed by atoms with van der Waals surface area (Å²) in [6.07, 6.45) is 0. The van der Waals surface area contributed by atoms with Crippen LogP contribution in [0.3, 0.4) is 0 Å². The van der Waals surface area contributed by atoms with Crippen LogP contribution in [0.25, 0.3) is 0 Å². The summed E-state index contributed by atoms with van der Waals surface area (Å²) in [7, 11) is 0. The van der Waals surface area contributed by atoms with Crippen LogP contribution in [-0.4, -0.2) is 73.5 Å². The molecule has 0 spiro atoms. The van der Waals surface area contributed by atoms with E-state index in [2.05, 4.69) is 20.0 Å². The number of anilines is 2. The van der Waals surface area contributed by atoms with Crippen molar-refractivity contribution in [2.75, 3.05) is 62.3 Å². The second kappa shape index (κ2) is 8.28. The van der Waals surface area contributed by atoms with E-state index in [0.29, 0.717) is 45.1 Å². The number of rotatable bonds is 3. The standard InChI is InChI=1S/C19H21ClFN5O2/c20-15-13-14(1-2-16(15)21)24-5-7-26(8-6-24)19(27)17-3-4-18(23-22-17)25-9-11-28-12-10-25/h1-4,13H,5-12H2. The van der Waals surface area contributed by atoms with Crippen molar-refractivity contribution in [3.8, 4) is 0 Å². The van der Waals surface area contributed by atoms with Gasteiger partial charge in [0.25, 0.3) is 5.91 Å². The summed E-state index contributed by atoms with van der Waals surface area (Å²) in [5.41, 5.74) is 1.20. The smallest absolute Gasteiger partial charge is 0.274 e. The molecule has 0 radical (unpaired) electrons. The Bertz CT molecular complexity index is 837. The Labute approximate surface area is 167 Å². The molecule has 0 unspecified atom stereocenters. The van der Waals surface area contributed by atoms with Crippen LogP contribution in [0, 0.1) is 5.82 Å². The van der Waals surface area contributed by atoms with Gasteiger partial charge in [-0.25, -0.2) is 4.39 Å². The highest BCUT2D eigenvalue weighted by atomic mass is 35.5. The minimum atomic E-state index is -0.432. The zero-order valence-electron chi connectivity index (χ0n) is 15.4. The first-order valence-corrected chi connectivity index (χ1v) is 9.65. The molecule has 0 aliphatic carbocycles. The van der Waals surface area contributed by atoms with Crippen molar-refractivity contribution in [2.45, 2.75) is 0 Å². The third-order valence-corrected chi connectivity index (χ3v) is 5.33. The Morgan fingerprint density at radius 3 is 2.36 bits per heavy atom. The van der Waals surface area contributed by atoms with Crippen molar-refractivity contribution in [3.05, 3.63) is 46.9 Å². The number of hydrogen-bond acceptors (Lipinski definition) is 6. The molecular weight excluding hydrogens is 385 g/mol. The van der Waals surface area contributed by atoms with Crippen molar-refractivity contribution < 1.29 is 13.9 Å². The SMILES string of the molecule is O=C(c1ccc(N2CCOCC2)nn1)N1CCN(c2ccc(F)c(Cl)c2)CC1. The molecule has 1 aromatic heterocycles. The fourth-order valence-electron chi connectivity index (χ4n) is 3.41. The second-order valence-electron chi connectivity index (χ2n) is 6.75. The number of halogens is 2. The molecule has 4 rings (SSSR count). The molecule has 28 heavy (non-hydrogen) atoms. The molecule has 2 fully saturated rings. The third-order valence-electron chi connectivity index (χ3n) is 5.04. The Kier molecular flexibility index (Phi) is 5.59. The summed E-state index contributed by atoms with van der Waals surface area (Å²) in [4.78, 5) is 18.7. The number of hydrogen-bond donors (Lipinski definition) is 0. The van der Waals surface area contributed by atoms with E-state index in [1.165, 1.54) is 6.07 Å². The Morgan fingerprint density at radius 2 is 1.71 bits per heavy atom. The summed E-state index contributed by atoms with van der Waals surface area (Å²) >= 11 is 5.87. The van der Waals surface area contributed by atoms with Gasteiger partial charge < -0.3 is 19.4 Å². The van der Waals surface area contributed by atoms with Crippen LogP contribution in [-0.2, 0) is 4.74 Å². The van der Waals surface area contributed by atoms with Crippen LogP contribution >= 0.6 is 11.6 Å². The van der Waals surface area contributed by atoms with Gasteiger partial charge in [-0.3, -0.25) is 4.79 Å². The molecule has 0 atom stereocenters. The average molecular weight is 406 g/mol. The van der Waals surface area contributed by atoms with Crippen LogP contribution in [0.4, 0.5) is 15.9 Å². The third kappa shape index (κ3) is 4.02. The second-order valence-corrected chi connectivity index (χ2v) is 7.16. The molecule has 0 N–H and O–H groups in total. The molecule has 2 saturated heterocycles. The monoisotopic (exact) mass is 405 g/mol. The highest BCUT2D eigenvalue weighted by Gasteiger charge is 2.24. The molecule has 2 aliphatic heterocycles. The average Bonchev–Trinajstić information content (AvgIpc) is 2.76. The van der Waals surface area contributed by atoms with Gasteiger partial charge in [0, 0.05) is 45.0 Å². The van der Waals surface area contributed by atoms with Crippen LogP contribution < -0.4 is 9.80 Å². The minimum Gasteiger partial charge on any atom is -0.378 e. The van der Waals surface area contributed by atoms with Crippen LogP contribution in [0.1, 0.15) is 10.5 Å². The van der Waals surface area contributed by atoms with Crippen LogP contribution in [0.5, 0.6) is 0 Å². The largest absolute Gasteiger partial charge is 0.378 e. The highest BCUT2D eigenvalue weighted by molar-refractivity contribution is 6.31. The van der Waals surface area contributed by atoms with Crippen molar-refractivity contribution in [1.29, 1.82) is 0 Å². The summed E-state index contributed by atoms with van der Waals surface area (Å²) in [6.45, 7) is 5.30. The van der Waals surface area contributed by atoms with E-state index in [1.807, 2.05) is 6.07 Å². The Balaban J connectivity index is 1.36. The van der Waals surface area contributed by atoms with Crippen molar-refractivity contribution in [3.63, 3.8) is 0 Å². The summed E-state index contributed by atoms with van der Waals surface area (Å²) in [5, 5.41) is 8.45. The molecule has 9 heteroatoms. The maximum Gasteiger partial charge on any atom is 0.274 e. The number of amides is 1. The van der Waals surface area contributed by atoms with E-state index < -0.39 is 5.82 Å². The summed E-state index contributed by atoms with van der Waals surface area (Å²) in [5.74, 6) is 0.203. The molecule has 1 amide bonds. The van der Waals surface area contributed by atoms with Gasteiger partial charge in [-0.15, -0.1) is 10.2 Å². The molecular formula is C19H21ClFN5O2. The molecule has 0 saturated carbocycles. The topological polar surface area (TPSA) is 61.8 Å². The lowest BCUT2D eigenvalue weighted by molar-refractivity contribution is 0.0739. The number of carbonyl (C=O) groups is 1. The van der Waals surface area contributed by atoms with E-state index in [-0.39, 0.29) is 10.9 Å². The van der Waals surface area contributed by atoms with E-state index in [0.717, 1.165) is 24.6 Å². The van der Waals surface area contributed by atoms with Gasteiger partial charge in [-0.2, -0.15) is 0 Å². The van der Waals surface area contributed by atoms with Gasteiger partial charge in [0.05, 0.1) is 18.2 Å². The number of aromatic nitrogens is 2. The number of nitrogens with zero attached hydrogens (tertiary/aromatic N) is 5. The van der Waals surface area contributed by atoms with Gasteiger partial charge in [0.2, 0.25) is 0 Å². The van der Waals surface area contributed by atoms with Gasteiger partial charge in [-0.05, 0) is 30.3 Å². The van der Waals surface area contributed by atoms with Crippen molar-refractivity contribution in [1.82, 2.24) is 15.1 Å². The quantitative estimate of drug-likeness (QED) is 0.779. The van der Waals surface area contributed by atoms with Crippen LogP contribution in [0.2, 0.25) is 5.02 Å². The molecule has 3 heterocycles.